The predicted octanol–water partition coefficient (Wildman–Crippen LogP) is 6.05. The van der Waals surface area contributed by atoms with E-state index in [4.69, 9.17) is 4.74 Å². The third-order valence-corrected chi connectivity index (χ3v) is 7.99. The number of piperidine rings is 1. The van der Waals surface area contributed by atoms with Crippen molar-refractivity contribution in [3.05, 3.63) is 65.9 Å². The standard InChI is InChI=1S/C28H32F2N2O3S/c1-35-22-8-9-27-25(16-22)24(26(30)17-31-27)7-2-4-19-10-11-32(18-20(19)14-28(33)34)12-13-36-23-6-3-5-21(29)15-23/h3,5-6,8-9,15-17,19-20H,2,4,7,10-14,18H2,1H3,(H,33,34)/t19-,20-/m1/s1. The third-order valence-electron chi connectivity index (χ3n) is 7.02. The summed E-state index contributed by atoms with van der Waals surface area (Å²) in [4.78, 5) is 19.0. The number of carbonyl (C=O) groups is 1. The van der Waals surface area contributed by atoms with Gasteiger partial charge < -0.3 is 14.7 Å². The van der Waals surface area contributed by atoms with Crippen molar-refractivity contribution in [3.63, 3.8) is 0 Å². The first-order chi connectivity index (χ1) is 17.4. The monoisotopic (exact) mass is 514 g/mol. The van der Waals surface area contributed by atoms with Crippen molar-refractivity contribution in [2.24, 2.45) is 11.8 Å². The maximum absolute atomic E-state index is 14.7. The number of rotatable bonds is 11. The van der Waals surface area contributed by atoms with E-state index in [0.29, 0.717) is 23.7 Å². The number of nitrogens with zero attached hydrogens (tertiary/aromatic N) is 2. The fraction of sp³-hybridized carbons (Fsp3) is 0.429. The molecule has 2 aromatic carbocycles. The number of pyridine rings is 1. The van der Waals surface area contributed by atoms with Crippen LogP contribution in [-0.4, -0.2) is 53.5 Å². The Balaban J connectivity index is 1.33. The van der Waals surface area contributed by atoms with Gasteiger partial charge in [0.05, 0.1) is 18.8 Å². The van der Waals surface area contributed by atoms with Gasteiger partial charge in [-0.25, -0.2) is 8.78 Å². The summed E-state index contributed by atoms with van der Waals surface area (Å²) in [5, 5.41) is 10.3. The molecule has 0 bridgehead atoms. The third kappa shape index (κ3) is 6.95. The van der Waals surface area contributed by atoms with Crippen LogP contribution in [0.15, 0.2) is 53.6 Å². The Labute approximate surface area is 214 Å². The molecule has 0 radical (unpaired) electrons. The van der Waals surface area contributed by atoms with Crippen molar-refractivity contribution in [2.45, 2.75) is 37.0 Å². The fourth-order valence-corrected chi connectivity index (χ4v) is 6.12. The topological polar surface area (TPSA) is 62.7 Å². The van der Waals surface area contributed by atoms with E-state index >= 15 is 0 Å². The summed E-state index contributed by atoms with van der Waals surface area (Å²) < 4.78 is 33.4. The van der Waals surface area contributed by atoms with Crippen LogP contribution in [0.2, 0.25) is 0 Å². The number of aliphatic carboxylic acids is 1. The maximum Gasteiger partial charge on any atom is 0.303 e. The van der Waals surface area contributed by atoms with Crippen LogP contribution in [0.1, 0.15) is 31.2 Å². The second-order valence-electron chi connectivity index (χ2n) is 9.37. The van der Waals surface area contributed by atoms with Gasteiger partial charge >= 0.3 is 5.97 Å². The molecule has 4 rings (SSSR count). The molecule has 1 aromatic heterocycles. The summed E-state index contributed by atoms with van der Waals surface area (Å²) >= 11 is 1.61. The van der Waals surface area contributed by atoms with Crippen LogP contribution in [0.25, 0.3) is 10.9 Å². The van der Waals surface area contributed by atoms with E-state index in [2.05, 4.69) is 9.88 Å². The van der Waals surface area contributed by atoms with E-state index in [9.17, 15) is 18.7 Å². The zero-order valence-corrected chi connectivity index (χ0v) is 21.3. The Morgan fingerprint density at radius 2 is 2.08 bits per heavy atom. The van der Waals surface area contributed by atoms with E-state index in [1.165, 1.54) is 18.3 Å². The van der Waals surface area contributed by atoms with Gasteiger partial charge in [0.15, 0.2) is 0 Å². The molecule has 5 nitrogen and oxygen atoms in total. The molecule has 36 heavy (non-hydrogen) atoms. The molecule has 2 heterocycles. The number of aryl methyl sites for hydroxylation is 1. The Kier molecular flexibility index (Phi) is 9.15. The Hall–Kier alpha value is -2.71. The average Bonchev–Trinajstić information content (AvgIpc) is 2.86. The molecule has 2 atom stereocenters. The highest BCUT2D eigenvalue weighted by Crippen LogP contribution is 2.32. The predicted molar refractivity (Wildman–Crippen MR) is 139 cm³/mol. The summed E-state index contributed by atoms with van der Waals surface area (Å²) in [6, 6.07) is 12.1. The molecule has 0 unspecified atom stereocenters. The first-order valence-electron chi connectivity index (χ1n) is 12.4. The van der Waals surface area contributed by atoms with Crippen molar-refractivity contribution in [1.29, 1.82) is 0 Å². The van der Waals surface area contributed by atoms with E-state index in [1.54, 1.807) is 24.9 Å². The Bertz CT molecular complexity index is 1190. The summed E-state index contributed by atoms with van der Waals surface area (Å²) in [6.07, 6.45) is 4.55. The maximum atomic E-state index is 14.7. The number of hydrogen-bond donors (Lipinski definition) is 1. The molecule has 3 aromatic rings. The molecular formula is C28H32F2N2O3S. The number of aromatic nitrogens is 1. The number of halogens is 2. The van der Waals surface area contributed by atoms with E-state index in [1.807, 2.05) is 24.3 Å². The summed E-state index contributed by atoms with van der Waals surface area (Å²) in [6.45, 7) is 2.48. The van der Waals surface area contributed by atoms with Crippen LogP contribution in [0.5, 0.6) is 5.75 Å². The zero-order valence-electron chi connectivity index (χ0n) is 20.5. The minimum absolute atomic E-state index is 0.0644. The number of methoxy groups -OCH3 is 1. The van der Waals surface area contributed by atoms with Crippen molar-refractivity contribution in [3.8, 4) is 5.75 Å². The van der Waals surface area contributed by atoms with Gasteiger partial charge in [-0.3, -0.25) is 9.78 Å². The Morgan fingerprint density at radius 1 is 1.22 bits per heavy atom. The molecule has 0 saturated carbocycles. The van der Waals surface area contributed by atoms with E-state index < -0.39 is 5.97 Å². The number of thioether (sulfide) groups is 1. The first-order valence-corrected chi connectivity index (χ1v) is 13.3. The summed E-state index contributed by atoms with van der Waals surface area (Å²) in [7, 11) is 1.59. The number of carboxylic acids is 1. The molecular weight excluding hydrogens is 482 g/mol. The molecule has 1 N–H and O–H groups in total. The highest BCUT2D eigenvalue weighted by molar-refractivity contribution is 7.99. The lowest BCUT2D eigenvalue weighted by Gasteiger charge is -2.38. The van der Waals surface area contributed by atoms with Crippen molar-refractivity contribution < 1.29 is 23.4 Å². The number of ether oxygens (including phenoxy) is 1. The largest absolute Gasteiger partial charge is 0.497 e. The quantitative estimate of drug-likeness (QED) is 0.314. The van der Waals surface area contributed by atoms with Crippen LogP contribution in [0.4, 0.5) is 8.78 Å². The van der Waals surface area contributed by atoms with Gasteiger partial charge in [0.2, 0.25) is 0 Å². The number of hydrogen-bond acceptors (Lipinski definition) is 5. The number of fused-ring (bicyclic) bond motifs is 1. The zero-order chi connectivity index (χ0) is 25.5. The minimum Gasteiger partial charge on any atom is -0.497 e. The van der Waals surface area contributed by atoms with Crippen LogP contribution in [0, 0.1) is 23.5 Å². The average molecular weight is 515 g/mol. The number of carboxylic acid groups (broad SMARTS) is 1. The van der Waals surface area contributed by atoms with Gasteiger partial charge in [-0.05, 0) is 86.0 Å². The van der Waals surface area contributed by atoms with Crippen molar-refractivity contribution in [2.75, 3.05) is 32.5 Å². The summed E-state index contributed by atoms with van der Waals surface area (Å²) in [5.41, 5.74) is 1.38. The van der Waals surface area contributed by atoms with Crippen molar-refractivity contribution >= 4 is 28.6 Å². The molecule has 1 aliphatic rings. The minimum atomic E-state index is -0.778. The lowest BCUT2D eigenvalue weighted by Crippen LogP contribution is -2.42. The highest BCUT2D eigenvalue weighted by Gasteiger charge is 2.30. The van der Waals surface area contributed by atoms with Gasteiger partial charge in [0, 0.05) is 35.5 Å². The van der Waals surface area contributed by atoms with E-state index in [-0.39, 0.29) is 24.0 Å². The first kappa shape index (κ1) is 26.4. The van der Waals surface area contributed by atoms with Gasteiger partial charge in [-0.1, -0.05) is 6.07 Å². The molecule has 192 valence electrons. The molecule has 1 saturated heterocycles. The lowest BCUT2D eigenvalue weighted by molar-refractivity contribution is -0.139. The molecule has 1 aliphatic heterocycles. The molecule has 0 spiro atoms. The highest BCUT2D eigenvalue weighted by atomic mass is 32.2. The van der Waals surface area contributed by atoms with E-state index in [0.717, 1.165) is 60.4 Å². The number of benzene rings is 2. The van der Waals surface area contributed by atoms with Crippen molar-refractivity contribution in [1.82, 2.24) is 9.88 Å². The fourth-order valence-electron chi connectivity index (χ4n) is 5.17. The Morgan fingerprint density at radius 3 is 2.86 bits per heavy atom. The van der Waals surface area contributed by atoms with Crippen LogP contribution in [0.3, 0.4) is 0 Å². The molecule has 0 amide bonds. The second-order valence-corrected chi connectivity index (χ2v) is 10.5. The summed E-state index contributed by atoms with van der Waals surface area (Å²) in [5.74, 6) is 0.518. The van der Waals surface area contributed by atoms with Crippen LogP contribution in [-0.2, 0) is 11.2 Å². The van der Waals surface area contributed by atoms with Gasteiger partial charge in [-0.2, -0.15) is 0 Å². The van der Waals surface area contributed by atoms with Gasteiger partial charge in [0.25, 0.3) is 0 Å². The second kappa shape index (κ2) is 12.5. The normalized spacial score (nSPS) is 18.4. The lowest BCUT2D eigenvalue weighted by atomic mass is 9.80. The van der Waals surface area contributed by atoms with Crippen LogP contribution < -0.4 is 4.74 Å². The smallest absolute Gasteiger partial charge is 0.303 e. The molecule has 1 fully saturated rings. The van der Waals surface area contributed by atoms with Gasteiger partial charge in [-0.15, -0.1) is 11.8 Å². The molecule has 0 aliphatic carbocycles. The SMILES string of the molecule is COc1ccc2ncc(F)c(CCC[C@@H]3CCN(CCSc4cccc(F)c4)C[C@H]3CC(=O)O)c2c1. The van der Waals surface area contributed by atoms with Crippen LogP contribution >= 0.6 is 11.8 Å². The molecule has 8 heteroatoms. The number of likely N-dealkylation sites (tertiary alicyclic amines) is 1. The van der Waals surface area contributed by atoms with Gasteiger partial charge in [0.1, 0.15) is 17.4 Å².